The normalized spacial score (nSPS) is 12.6. The smallest absolute Gasteiger partial charge is 0.124 e. The highest BCUT2D eigenvalue weighted by molar-refractivity contribution is 9.28. The minimum absolute atomic E-state index is 0.624. The van der Waals surface area contributed by atoms with Crippen molar-refractivity contribution in [2.24, 2.45) is 0 Å². The topological polar surface area (TPSA) is 0 Å². The molecule has 160 valence electrons. The highest BCUT2D eigenvalue weighted by atomic mass is 79.9. The standard InChI is InChI=1S/C24H42Br2Si2/c1-17(2)27(18(3)4,19(5)6)15-13-23(24(25)26)14-16-28(20(7)8,21(9)10)22(11)12/h17-22H,1-12H3. The Balaban J connectivity index is 6.51. The number of allylic oxidation sites excluding steroid dienone is 1. The fourth-order valence-corrected chi connectivity index (χ4v) is 16.1. The molecule has 0 radical (unpaired) electrons. The van der Waals surface area contributed by atoms with Gasteiger partial charge in [0.15, 0.2) is 0 Å². The third-order valence-corrected chi connectivity index (χ3v) is 20.1. The van der Waals surface area contributed by atoms with Crippen molar-refractivity contribution < 1.29 is 0 Å². The molecule has 0 unspecified atom stereocenters. The Morgan fingerprint density at radius 3 is 0.857 bits per heavy atom. The van der Waals surface area contributed by atoms with E-state index in [4.69, 9.17) is 0 Å². The lowest BCUT2D eigenvalue weighted by molar-refractivity contribution is 0.838. The van der Waals surface area contributed by atoms with Crippen molar-refractivity contribution in [1.29, 1.82) is 0 Å². The largest absolute Gasteiger partial charge is 0.146 e. The number of rotatable bonds is 6. The van der Waals surface area contributed by atoms with Crippen LogP contribution in [0.15, 0.2) is 8.96 Å². The van der Waals surface area contributed by atoms with E-state index in [1.165, 1.54) is 0 Å². The quantitative estimate of drug-likeness (QED) is 0.230. The zero-order valence-corrected chi connectivity index (χ0v) is 25.4. The molecule has 0 atom stereocenters. The Bertz CT molecular complexity index is 563. The molecule has 0 aliphatic rings. The summed E-state index contributed by atoms with van der Waals surface area (Å²) < 4.78 is 0.887. The minimum Gasteiger partial charge on any atom is -0.124 e. The van der Waals surface area contributed by atoms with Crippen LogP contribution < -0.4 is 0 Å². The molecule has 4 heteroatoms. The van der Waals surface area contributed by atoms with E-state index in [0.29, 0.717) is 33.2 Å². The van der Waals surface area contributed by atoms with E-state index < -0.39 is 16.1 Å². The Hall–Kier alpha value is 0.254. The molecule has 0 fully saturated rings. The van der Waals surface area contributed by atoms with Gasteiger partial charge in [0.05, 0.1) is 8.96 Å². The number of hydrogen-bond donors (Lipinski definition) is 0. The van der Waals surface area contributed by atoms with Crippen LogP contribution in [0.25, 0.3) is 0 Å². The highest BCUT2D eigenvalue weighted by Crippen LogP contribution is 2.42. The Kier molecular flexibility index (Phi) is 11.7. The van der Waals surface area contributed by atoms with Gasteiger partial charge < -0.3 is 0 Å². The lowest BCUT2D eigenvalue weighted by Crippen LogP contribution is -2.43. The predicted molar refractivity (Wildman–Crippen MR) is 143 cm³/mol. The molecular formula is C24H42Br2Si2. The summed E-state index contributed by atoms with van der Waals surface area (Å²) in [7, 11) is -3.54. The highest BCUT2D eigenvalue weighted by Gasteiger charge is 2.42. The first-order chi connectivity index (χ1) is 12.7. The van der Waals surface area contributed by atoms with Crippen molar-refractivity contribution in [2.75, 3.05) is 0 Å². The van der Waals surface area contributed by atoms with E-state index in [1.54, 1.807) is 0 Å². The van der Waals surface area contributed by atoms with E-state index >= 15 is 0 Å². The molecular weight excluding hydrogens is 504 g/mol. The third kappa shape index (κ3) is 6.13. The van der Waals surface area contributed by atoms with Crippen molar-refractivity contribution in [2.45, 2.75) is 116 Å². The second-order valence-electron chi connectivity index (χ2n) is 9.93. The molecule has 0 aliphatic heterocycles. The maximum absolute atomic E-state index is 3.82. The van der Waals surface area contributed by atoms with Crippen LogP contribution in [0.4, 0.5) is 0 Å². The first-order valence-electron chi connectivity index (χ1n) is 10.8. The zero-order chi connectivity index (χ0) is 22.4. The monoisotopic (exact) mass is 544 g/mol. The Morgan fingerprint density at radius 2 is 0.714 bits per heavy atom. The van der Waals surface area contributed by atoms with Crippen molar-refractivity contribution in [1.82, 2.24) is 0 Å². The summed E-state index contributed by atoms with van der Waals surface area (Å²) in [6.07, 6.45) is 0. The molecule has 0 aromatic heterocycles. The molecule has 0 aromatic carbocycles. The number of hydrogen-bond acceptors (Lipinski definition) is 0. The summed E-state index contributed by atoms with van der Waals surface area (Å²) in [5.41, 5.74) is 12.3. The van der Waals surface area contributed by atoms with Crippen LogP contribution in [0.3, 0.4) is 0 Å². The molecule has 0 bridgehead atoms. The molecule has 28 heavy (non-hydrogen) atoms. The molecule has 0 amide bonds. The van der Waals surface area contributed by atoms with Gasteiger partial charge in [-0.15, -0.1) is 11.1 Å². The second-order valence-corrected chi connectivity index (χ2v) is 23.7. The molecule has 0 nitrogen and oxygen atoms in total. The Labute approximate surface area is 195 Å². The van der Waals surface area contributed by atoms with Gasteiger partial charge in [0, 0.05) is 0 Å². The SMILES string of the molecule is CC(C)[Si](C#CC(C#C[Si](C(C)C)(C(C)C)C(C)C)=C(Br)Br)(C(C)C)C(C)C. The molecule has 0 rings (SSSR count). The van der Waals surface area contributed by atoms with Crippen LogP contribution in [0.5, 0.6) is 0 Å². The summed E-state index contributed by atoms with van der Waals surface area (Å²) in [5, 5.41) is 0. The van der Waals surface area contributed by atoms with Gasteiger partial charge in [-0.3, -0.25) is 0 Å². The summed E-state index contributed by atoms with van der Waals surface area (Å²) in [5.74, 6) is 7.08. The van der Waals surface area contributed by atoms with E-state index in [0.717, 1.165) is 8.96 Å². The molecule has 0 aliphatic carbocycles. The summed E-state index contributed by atoms with van der Waals surface area (Å²) in [4.78, 5) is 0. The maximum atomic E-state index is 3.82. The maximum Gasteiger partial charge on any atom is 0.146 e. The number of halogens is 2. The van der Waals surface area contributed by atoms with Crippen LogP contribution in [0.1, 0.15) is 83.1 Å². The first kappa shape index (κ1) is 28.3. The Morgan fingerprint density at radius 1 is 0.500 bits per heavy atom. The lowest BCUT2D eigenvalue weighted by atomic mass is 10.3. The zero-order valence-electron chi connectivity index (χ0n) is 20.2. The van der Waals surface area contributed by atoms with Crippen LogP contribution >= 0.6 is 31.9 Å². The van der Waals surface area contributed by atoms with Gasteiger partial charge in [-0.05, 0) is 65.1 Å². The van der Waals surface area contributed by atoms with Crippen molar-refractivity contribution in [3.63, 3.8) is 0 Å². The second kappa shape index (κ2) is 11.6. The molecule has 0 spiro atoms. The van der Waals surface area contributed by atoms with Gasteiger partial charge in [0.1, 0.15) is 16.1 Å². The van der Waals surface area contributed by atoms with Crippen molar-refractivity contribution in [3.05, 3.63) is 8.96 Å². The van der Waals surface area contributed by atoms with Crippen LogP contribution in [0, 0.1) is 22.9 Å². The minimum atomic E-state index is -1.77. The molecule has 0 saturated heterocycles. The van der Waals surface area contributed by atoms with Gasteiger partial charge in [-0.1, -0.05) is 94.9 Å². The average molecular weight is 547 g/mol. The van der Waals surface area contributed by atoms with Crippen LogP contribution in [-0.4, -0.2) is 16.1 Å². The van der Waals surface area contributed by atoms with Gasteiger partial charge in [0.25, 0.3) is 0 Å². The summed E-state index contributed by atoms with van der Waals surface area (Å²) in [6, 6.07) is 0. The fourth-order valence-electron chi connectivity index (χ4n) is 5.33. The van der Waals surface area contributed by atoms with Gasteiger partial charge in [-0.25, -0.2) is 0 Å². The first-order valence-corrected chi connectivity index (χ1v) is 16.8. The van der Waals surface area contributed by atoms with E-state index in [9.17, 15) is 0 Å². The molecule has 0 aromatic rings. The predicted octanol–water partition coefficient (Wildman–Crippen LogP) is 9.43. The summed E-state index contributed by atoms with van der Waals surface area (Å²) in [6.45, 7) is 28.3. The van der Waals surface area contributed by atoms with Crippen molar-refractivity contribution >= 4 is 48.0 Å². The lowest BCUT2D eigenvalue weighted by Gasteiger charge is -2.38. The fraction of sp³-hybridized carbons (Fsp3) is 0.750. The van der Waals surface area contributed by atoms with Gasteiger partial charge in [0.2, 0.25) is 0 Å². The van der Waals surface area contributed by atoms with E-state index in [2.05, 4.69) is 138 Å². The molecule has 0 N–H and O–H groups in total. The summed E-state index contributed by atoms with van der Waals surface area (Å²) >= 11 is 7.24. The van der Waals surface area contributed by atoms with Gasteiger partial charge in [-0.2, -0.15) is 0 Å². The van der Waals surface area contributed by atoms with Crippen LogP contribution in [0.2, 0.25) is 33.2 Å². The van der Waals surface area contributed by atoms with E-state index in [-0.39, 0.29) is 0 Å². The van der Waals surface area contributed by atoms with E-state index in [1.807, 2.05) is 0 Å². The third-order valence-electron chi connectivity index (χ3n) is 6.73. The van der Waals surface area contributed by atoms with Crippen LogP contribution in [-0.2, 0) is 0 Å². The van der Waals surface area contributed by atoms with Gasteiger partial charge >= 0.3 is 0 Å². The average Bonchev–Trinajstić information content (AvgIpc) is 2.51. The molecule has 0 heterocycles. The molecule has 0 saturated carbocycles. The van der Waals surface area contributed by atoms with Crippen molar-refractivity contribution in [3.8, 4) is 22.9 Å².